The Kier molecular flexibility index (Phi) is 5.92. The van der Waals surface area contributed by atoms with E-state index in [1.807, 2.05) is 33.8 Å². The minimum atomic E-state index is -0.431. The summed E-state index contributed by atoms with van der Waals surface area (Å²) in [7, 11) is 0. The van der Waals surface area contributed by atoms with Crippen LogP contribution in [0.2, 0.25) is 0 Å². The molecule has 2 atom stereocenters. The van der Waals surface area contributed by atoms with Crippen LogP contribution in [0.15, 0.2) is 34.9 Å². The molecule has 2 bridgehead atoms. The van der Waals surface area contributed by atoms with Crippen molar-refractivity contribution < 1.29 is 19.1 Å². The number of esters is 1. The SMILES string of the molecule is CC1=CC(=O)CC2=C[C@@H](OC2=O)[C@H](C(C)C)CC(=O)C(C)=CCC1. The second-order valence-electron chi connectivity index (χ2n) is 7.16. The zero-order chi connectivity index (χ0) is 17.9. The Labute approximate surface area is 143 Å². The summed E-state index contributed by atoms with van der Waals surface area (Å²) in [6, 6.07) is 0. The summed E-state index contributed by atoms with van der Waals surface area (Å²) in [6.07, 6.45) is 6.74. The van der Waals surface area contributed by atoms with Gasteiger partial charge in [0.05, 0.1) is 0 Å². The number of carbonyl (C=O) groups is 3. The molecule has 4 heteroatoms. The normalized spacial score (nSPS) is 26.5. The Balaban J connectivity index is 2.35. The number of ether oxygens (including phenoxy) is 1. The maximum Gasteiger partial charge on any atom is 0.334 e. The molecule has 0 aromatic carbocycles. The van der Waals surface area contributed by atoms with Crippen LogP contribution >= 0.6 is 0 Å². The first kappa shape index (κ1) is 18.4. The lowest BCUT2D eigenvalue weighted by Gasteiger charge is -2.24. The summed E-state index contributed by atoms with van der Waals surface area (Å²) in [5, 5.41) is 0. The minimum Gasteiger partial charge on any atom is -0.454 e. The van der Waals surface area contributed by atoms with Crippen LogP contribution in [0.1, 0.15) is 53.4 Å². The van der Waals surface area contributed by atoms with Crippen LogP contribution in [0.25, 0.3) is 0 Å². The summed E-state index contributed by atoms with van der Waals surface area (Å²) in [6.45, 7) is 7.78. The van der Waals surface area contributed by atoms with Crippen molar-refractivity contribution in [1.82, 2.24) is 0 Å². The Morgan fingerprint density at radius 2 is 1.88 bits per heavy atom. The molecule has 130 valence electrons. The van der Waals surface area contributed by atoms with E-state index < -0.39 is 12.1 Å². The second kappa shape index (κ2) is 7.73. The van der Waals surface area contributed by atoms with Crippen LogP contribution in [-0.4, -0.2) is 23.6 Å². The maximum absolute atomic E-state index is 12.5. The van der Waals surface area contributed by atoms with E-state index in [4.69, 9.17) is 4.74 Å². The summed E-state index contributed by atoms with van der Waals surface area (Å²) < 4.78 is 5.46. The molecule has 0 N–H and O–H groups in total. The van der Waals surface area contributed by atoms with E-state index in [1.54, 1.807) is 12.2 Å². The number of ketones is 2. The van der Waals surface area contributed by atoms with Gasteiger partial charge in [-0.3, -0.25) is 9.59 Å². The van der Waals surface area contributed by atoms with E-state index in [-0.39, 0.29) is 29.8 Å². The first-order valence-electron chi connectivity index (χ1n) is 8.59. The van der Waals surface area contributed by atoms with Crippen molar-refractivity contribution in [2.24, 2.45) is 11.8 Å². The molecule has 4 nitrogen and oxygen atoms in total. The van der Waals surface area contributed by atoms with Crippen molar-refractivity contribution >= 4 is 17.5 Å². The molecule has 2 rings (SSSR count). The van der Waals surface area contributed by atoms with Gasteiger partial charge >= 0.3 is 5.97 Å². The molecular formula is C20H26O4. The van der Waals surface area contributed by atoms with Crippen LogP contribution in [-0.2, 0) is 19.1 Å². The number of rotatable bonds is 1. The van der Waals surface area contributed by atoms with E-state index >= 15 is 0 Å². The van der Waals surface area contributed by atoms with Crippen LogP contribution in [0.3, 0.4) is 0 Å². The van der Waals surface area contributed by atoms with Gasteiger partial charge in [-0.1, -0.05) is 25.5 Å². The van der Waals surface area contributed by atoms with Crippen molar-refractivity contribution in [3.8, 4) is 0 Å². The molecule has 0 radical (unpaired) electrons. The van der Waals surface area contributed by atoms with E-state index in [9.17, 15) is 14.4 Å². The largest absolute Gasteiger partial charge is 0.454 e. The predicted octanol–water partition coefficient (Wildman–Crippen LogP) is 3.72. The number of hydrogen-bond donors (Lipinski definition) is 0. The van der Waals surface area contributed by atoms with Crippen molar-refractivity contribution in [3.05, 3.63) is 34.9 Å². The van der Waals surface area contributed by atoms with Gasteiger partial charge in [0.15, 0.2) is 11.6 Å². The number of carbonyl (C=O) groups excluding carboxylic acids is 3. The van der Waals surface area contributed by atoms with Crippen molar-refractivity contribution in [3.63, 3.8) is 0 Å². The highest BCUT2D eigenvalue weighted by atomic mass is 16.5. The van der Waals surface area contributed by atoms with Crippen LogP contribution < -0.4 is 0 Å². The lowest BCUT2D eigenvalue weighted by atomic mass is 9.84. The Bertz CT molecular complexity index is 634. The van der Waals surface area contributed by atoms with Gasteiger partial charge in [-0.15, -0.1) is 0 Å². The van der Waals surface area contributed by atoms with E-state index in [0.717, 1.165) is 24.0 Å². The van der Waals surface area contributed by atoms with Gasteiger partial charge in [0.2, 0.25) is 0 Å². The highest BCUT2D eigenvalue weighted by molar-refractivity contribution is 6.01. The monoisotopic (exact) mass is 330 g/mol. The Hall–Kier alpha value is -1.97. The third kappa shape index (κ3) is 4.53. The van der Waals surface area contributed by atoms with Crippen molar-refractivity contribution in [2.75, 3.05) is 0 Å². The fourth-order valence-corrected chi connectivity index (χ4v) is 3.16. The van der Waals surface area contributed by atoms with E-state index in [1.165, 1.54) is 0 Å². The van der Waals surface area contributed by atoms with Gasteiger partial charge in [-0.2, -0.15) is 0 Å². The maximum atomic E-state index is 12.5. The molecular weight excluding hydrogens is 304 g/mol. The fourth-order valence-electron chi connectivity index (χ4n) is 3.16. The molecule has 0 unspecified atom stereocenters. The molecule has 0 aromatic heterocycles. The number of allylic oxidation sites excluding steroid dienone is 4. The van der Waals surface area contributed by atoms with Gasteiger partial charge in [-0.05, 0) is 50.3 Å². The minimum absolute atomic E-state index is 0.0697. The predicted molar refractivity (Wildman–Crippen MR) is 92.3 cm³/mol. The smallest absolute Gasteiger partial charge is 0.334 e. The molecule has 24 heavy (non-hydrogen) atoms. The third-order valence-corrected chi connectivity index (χ3v) is 4.77. The zero-order valence-electron chi connectivity index (χ0n) is 14.9. The first-order chi connectivity index (χ1) is 11.3. The van der Waals surface area contributed by atoms with Crippen LogP contribution in [0.5, 0.6) is 0 Å². The zero-order valence-corrected chi connectivity index (χ0v) is 14.9. The van der Waals surface area contributed by atoms with E-state index in [2.05, 4.69) is 0 Å². The summed E-state index contributed by atoms with van der Waals surface area (Å²) in [5.74, 6) is -0.286. The highest BCUT2D eigenvalue weighted by Crippen LogP contribution is 2.31. The van der Waals surface area contributed by atoms with E-state index in [0.29, 0.717) is 12.0 Å². The number of hydrogen-bond acceptors (Lipinski definition) is 4. The second-order valence-corrected chi connectivity index (χ2v) is 7.16. The fraction of sp³-hybridized carbons (Fsp3) is 0.550. The Morgan fingerprint density at radius 1 is 1.17 bits per heavy atom. The average molecular weight is 330 g/mol. The highest BCUT2D eigenvalue weighted by Gasteiger charge is 2.35. The molecule has 0 spiro atoms. The Morgan fingerprint density at radius 3 is 2.54 bits per heavy atom. The molecule has 1 aliphatic carbocycles. The van der Waals surface area contributed by atoms with Gasteiger partial charge in [0.1, 0.15) is 6.10 Å². The summed E-state index contributed by atoms with van der Waals surface area (Å²) in [5.41, 5.74) is 2.11. The van der Waals surface area contributed by atoms with Crippen LogP contribution in [0.4, 0.5) is 0 Å². The van der Waals surface area contributed by atoms with Crippen molar-refractivity contribution in [2.45, 2.75) is 59.5 Å². The number of Topliss-reactive ketones (excluding diaryl/α,β-unsaturated/α-hetero) is 1. The molecule has 0 amide bonds. The first-order valence-corrected chi connectivity index (χ1v) is 8.59. The summed E-state index contributed by atoms with van der Waals surface area (Å²) in [4.78, 5) is 36.7. The quantitative estimate of drug-likeness (QED) is 0.688. The molecule has 0 aromatic rings. The molecule has 1 heterocycles. The molecule has 0 saturated carbocycles. The van der Waals surface area contributed by atoms with Gasteiger partial charge in [-0.25, -0.2) is 4.79 Å². The standard InChI is InChI=1S/C20H26O4/c1-12(2)17-11-18(22)14(4)7-5-6-13(3)8-16(21)9-15-10-19(17)24-20(15)23/h7-8,10,12,17,19H,5-6,9,11H2,1-4H3/t17-,19+/m0/s1. The van der Waals surface area contributed by atoms with Crippen LogP contribution in [0, 0.1) is 11.8 Å². The summed E-state index contributed by atoms with van der Waals surface area (Å²) >= 11 is 0. The number of fused-ring (bicyclic) bond motifs is 1. The third-order valence-electron chi connectivity index (χ3n) is 4.77. The molecule has 2 aliphatic rings. The topological polar surface area (TPSA) is 60.4 Å². The molecule has 0 saturated heterocycles. The van der Waals surface area contributed by atoms with Gasteiger partial charge in [0.25, 0.3) is 0 Å². The average Bonchev–Trinajstić information content (AvgIpc) is 2.83. The molecule has 1 aliphatic heterocycles. The van der Waals surface area contributed by atoms with Gasteiger partial charge < -0.3 is 4.74 Å². The van der Waals surface area contributed by atoms with Gasteiger partial charge in [0, 0.05) is 24.3 Å². The lowest BCUT2D eigenvalue weighted by molar-refractivity contribution is -0.143. The molecule has 0 fully saturated rings. The van der Waals surface area contributed by atoms with Crippen molar-refractivity contribution in [1.29, 1.82) is 0 Å². The lowest BCUT2D eigenvalue weighted by Crippen LogP contribution is -2.28.